The van der Waals surface area contributed by atoms with Crippen molar-refractivity contribution in [3.63, 3.8) is 0 Å². The highest BCUT2D eigenvalue weighted by molar-refractivity contribution is 5.75. The maximum atomic E-state index is 11.3. The third kappa shape index (κ3) is 13.2. The third-order valence-corrected chi connectivity index (χ3v) is 2.77. The van der Waals surface area contributed by atoms with Crippen molar-refractivity contribution in [1.82, 2.24) is 5.32 Å². The lowest BCUT2D eigenvalue weighted by Crippen LogP contribution is -2.30. The van der Waals surface area contributed by atoms with E-state index in [1.807, 2.05) is 0 Å². The Bertz CT molecular complexity index is 225. The number of hydrogen-bond acceptors (Lipinski definition) is 2. The van der Waals surface area contributed by atoms with Crippen LogP contribution in [-0.2, 0) is 4.79 Å². The topological polar surface area (TPSA) is 49.3 Å². The Kier molecular flexibility index (Phi) is 12.0. The first-order valence-corrected chi connectivity index (χ1v) is 7.26. The molecule has 3 nitrogen and oxygen atoms in total. The molecule has 0 aromatic rings. The summed E-state index contributed by atoms with van der Waals surface area (Å²) < 4.78 is 0. The number of carbonyl (C=O) groups is 1. The van der Waals surface area contributed by atoms with Crippen LogP contribution < -0.4 is 5.32 Å². The number of unbranched alkanes of at least 4 members (excludes halogenated alkanes) is 5. The van der Waals surface area contributed by atoms with Crippen LogP contribution in [0.5, 0.6) is 0 Å². The second-order valence-electron chi connectivity index (χ2n) is 4.84. The molecule has 1 unspecified atom stereocenters. The SMILES string of the molecule is CC/C=C/CCCCCCCC(=O)NCC(C)O. The molecule has 0 spiro atoms. The highest BCUT2D eigenvalue weighted by Gasteiger charge is 2.02. The Morgan fingerprint density at radius 3 is 2.50 bits per heavy atom. The van der Waals surface area contributed by atoms with E-state index in [0.717, 1.165) is 19.3 Å². The van der Waals surface area contributed by atoms with Gasteiger partial charge in [0.2, 0.25) is 5.91 Å². The minimum atomic E-state index is -0.454. The van der Waals surface area contributed by atoms with E-state index in [1.54, 1.807) is 6.92 Å². The van der Waals surface area contributed by atoms with Crippen molar-refractivity contribution in [1.29, 1.82) is 0 Å². The molecule has 1 atom stereocenters. The predicted octanol–water partition coefficient (Wildman–Crippen LogP) is 3.18. The third-order valence-electron chi connectivity index (χ3n) is 2.77. The van der Waals surface area contributed by atoms with Crippen molar-refractivity contribution in [2.75, 3.05) is 6.54 Å². The lowest BCUT2D eigenvalue weighted by Gasteiger charge is -2.06. The van der Waals surface area contributed by atoms with E-state index in [2.05, 4.69) is 24.4 Å². The summed E-state index contributed by atoms with van der Waals surface area (Å²) in [7, 11) is 0. The molecule has 18 heavy (non-hydrogen) atoms. The van der Waals surface area contributed by atoms with Gasteiger partial charge in [0.15, 0.2) is 0 Å². The largest absolute Gasteiger partial charge is 0.392 e. The summed E-state index contributed by atoms with van der Waals surface area (Å²) in [5.74, 6) is 0.0572. The summed E-state index contributed by atoms with van der Waals surface area (Å²) in [6, 6.07) is 0. The lowest BCUT2D eigenvalue weighted by atomic mass is 10.1. The van der Waals surface area contributed by atoms with Crippen LogP contribution in [0.4, 0.5) is 0 Å². The second kappa shape index (κ2) is 12.6. The number of aliphatic hydroxyl groups excluding tert-OH is 1. The number of amides is 1. The molecule has 0 saturated carbocycles. The van der Waals surface area contributed by atoms with Crippen molar-refractivity contribution in [3.8, 4) is 0 Å². The van der Waals surface area contributed by atoms with Crippen LogP contribution in [0.2, 0.25) is 0 Å². The monoisotopic (exact) mass is 255 g/mol. The minimum absolute atomic E-state index is 0.0572. The second-order valence-corrected chi connectivity index (χ2v) is 4.84. The Morgan fingerprint density at radius 2 is 1.83 bits per heavy atom. The molecular formula is C15H29NO2. The van der Waals surface area contributed by atoms with Gasteiger partial charge in [-0.3, -0.25) is 4.79 Å². The van der Waals surface area contributed by atoms with Crippen LogP contribution in [0.1, 0.15) is 65.2 Å². The van der Waals surface area contributed by atoms with Crippen molar-refractivity contribution in [3.05, 3.63) is 12.2 Å². The Morgan fingerprint density at radius 1 is 1.17 bits per heavy atom. The molecular weight excluding hydrogens is 226 g/mol. The Balaban J connectivity index is 3.20. The smallest absolute Gasteiger partial charge is 0.220 e. The van der Waals surface area contributed by atoms with Gasteiger partial charge >= 0.3 is 0 Å². The van der Waals surface area contributed by atoms with E-state index < -0.39 is 6.10 Å². The molecule has 0 aromatic carbocycles. The fourth-order valence-electron chi connectivity index (χ4n) is 1.71. The van der Waals surface area contributed by atoms with Gasteiger partial charge in [0.05, 0.1) is 6.10 Å². The molecule has 106 valence electrons. The lowest BCUT2D eigenvalue weighted by molar-refractivity contribution is -0.121. The van der Waals surface area contributed by atoms with Crippen LogP contribution in [0.15, 0.2) is 12.2 Å². The van der Waals surface area contributed by atoms with E-state index >= 15 is 0 Å². The number of hydrogen-bond donors (Lipinski definition) is 2. The first-order valence-electron chi connectivity index (χ1n) is 7.26. The molecule has 3 heteroatoms. The number of rotatable bonds is 11. The van der Waals surface area contributed by atoms with Crippen molar-refractivity contribution < 1.29 is 9.90 Å². The number of allylic oxidation sites excluding steroid dienone is 2. The van der Waals surface area contributed by atoms with Crippen molar-refractivity contribution in [2.45, 2.75) is 71.3 Å². The molecule has 0 rings (SSSR count). The zero-order valence-corrected chi connectivity index (χ0v) is 12.0. The van der Waals surface area contributed by atoms with Gasteiger partial charge in [-0.2, -0.15) is 0 Å². The molecule has 0 aromatic heterocycles. The molecule has 0 heterocycles. The molecule has 0 radical (unpaired) electrons. The number of aliphatic hydroxyl groups is 1. The Labute approximate surface area is 112 Å². The van der Waals surface area contributed by atoms with E-state index in [1.165, 1.54) is 25.7 Å². The maximum Gasteiger partial charge on any atom is 0.220 e. The Hall–Kier alpha value is -0.830. The highest BCUT2D eigenvalue weighted by Crippen LogP contribution is 2.07. The molecule has 0 bridgehead atoms. The van der Waals surface area contributed by atoms with Crippen LogP contribution in [0.3, 0.4) is 0 Å². The summed E-state index contributed by atoms with van der Waals surface area (Å²) in [6.45, 7) is 4.19. The van der Waals surface area contributed by atoms with E-state index in [0.29, 0.717) is 13.0 Å². The van der Waals surface area contributed by atoms with Crippen LogP contribution in [-0.4, -0.2) is 23.7 Å². The molecule has 0 saturated heterocycles. The minimum Gasteiger partial charge on any atom is -0.392 e. The van der Waals surface area contributed by atoms with Crippen molar-refractivity contribution in [2.24, 2.45) is 0 Å². The van der Waals surface area contributed by atoms with Crippen molar-refractivity contribution >= 4 is 5.91 Å². The fraction of sp³-hybridized carbons (Fsp3) is 0.800. The van der Waals surface area contributed by atoms with Gasteiger partial charge in [-0.05, 0) is 32.6 Å². The molecule has 1 amide bonds. The van der Waals surface area contributed by atoms with E-state index in [4.69, 9.17) is 5.11 Å². The molecule has 0 aliphatic carbocycles. The van der Waals surface area contributed by atoms with E-state index in [-0.39, 0.29) is 5.91 Å². The quantitative estimate of drug-likeness (QED) is 0.440. The first-order chi connectivity index (χ1) is 8.66. The molecule has 0 aliphatic heterocycles. The zero-order valence-electron chi connectivity index (χ0n) is 12.0. The standard InChI is InChI=1S/C15H29NO2/c1-3-4-5-6-7-8-9-10-11-12-15(18)16-13-14(2)17/h4-5,14,17H,3,6-13H2,1-2H3,(H,16,18)/b5-4+. The van der Waals surface area contributed by atoms with Gasteiger partial charge in [0.1, 0.15) is 0 Å². The average Bonchev–Trinajstić information content (AvgIpc) is 2.34. The average molecular weight is 255 g/mol. The van der Waals surface area contributed by atoms with Gasteiger partial charge in [-0.1, -0.05) is 38.3 Å². The zero-order chi connectivity index (χ0) is 13.6. The summed E-state index contributed by atoms with van der Waals surface area (Å²) in [5.41, 5.74) is 0. The van der Waals surface area contributed by atoms with Crippen LogP contribution in [0, 0.1) is 0 Å². The molecule has 0 aliphatic rings. The van der Waals surface area contributed by atoms with Crippen LogP contribution in [0.25, 0.3) is 0 Å². The summed E-state index contributed by atoms with van der Waals surface area (Å²) >= 11 is 0. The van der Waals surface area contributed by atoms with Gasteiger partial charge in [0.25, 0.3) is 0 Å². The molecule has 2 N–H and O–H groups in total. The summed E-state index contributed by atoms with van der Waals surface area (Å²) in [5, 5.41) is 11.7. The molecule has 0 fully saturated rings. The normalized spacial score (nSPS) is 12.8. The number of nitrogens with one attached hydrogen (secondary N) is 1. The van der Waals surface area contributed by atoms with Gasteiger partial charge in [-0.15, -0.1) is 0 Å². The van der Waals surface area contributed by atoms with Gasteiger partial charge < -0.3 is 10.4 Å². The maximum absolute atomic E-state index is 11.3. The van der Waals surface area contributed by atoms with E-state index in [9.17, 15) is 4.79 Å². The predicted molar refractivity (Wildman–Crippen MR) is 76.4 cm³/mol. The van der Waals surface area contributed by atoms with Gasteiger partial charge in [-0.25, -0.2) is 0 Å². The van der Waals surface area contributed by atoms with Gasteiger partial charge in [0, 0.05) is 13.0 Å². The fourth-order valence-corrected chi connectivity index (χ4v) is 1.71. The van der Waals surface area contributed by atoms with Crippen LogP contribution >= 0.6 is 0 Å². The summed E-state index contributed by atoms with van der Waals surface area (Å²) in [4.78, 5) is 11.3. The summed E-state index contributed by atoms with van der Waals surface area (Å²) in [6.07, 6.45) is 12.7. The number of carbonyl (C=O) groups excluding carboxylic acids is 1. The first kappa shape index (κ1) is 17.2. The highest BCUT2D eigenvalue weighted by atomic mass is 16.3.